The van der Waals surface area contributed by atoms with Crippen LogP contribution in [0.4, 0.5) is 4.39 Å². The van der Waals surface area contributed by atoms with Gasteiger partial charge in [0.05, 0.1) is 23.2 Å². The number of nitrogens with zero attached hydrogens (tertiary/aromatic N) is 2. The van der Waals surface area contributed by atoms with Crippen LogP contribution in [0.1, 0.15) is 18.4 Å². The first-order valence-electron chi connectivity index (χ1n) is 7.54. The quantitative estimate of drug-likeness (QED) is 0.859. The van der Waals surface area contributed by atoms with Crippen LogP contribution in [0, 0.1) is 17.1 Å². The third-order valence-electron chi connectivity index (χ3n) is 4.09. The number of sulfonamides is 1. The topological polar surface area (TPSA) is 82.4 Å². The average molecular weight is 339 g/mol. The van der Waals surface area contributed by atoms with Crippen LogP contribution in [-0.2, 0) is 14.8 Å². The van der Waals surface area contributed by atoms with E-state index >= 15 is 0 Å². The molecule has 1 atom stereocenters. The summed E-state index contributed by atoms with van der Waals surface area (Å²) < 4.78 is 45.9. The van der Waals surface area contributed by atoms with E-state index in [4.69, 9.17) is 10.00 Å². The van der Waals surface area contributed by atoms with Crippen molar-refractivity contribution in [2.75, 3.05) is 26.2 Å². The highest BCUT2D eigenvalue weighted by molar-refractivity contribution is 7.89. The van der Waals surface area contributed by atoms with Crippen LogP contribution < -0.4 is 4.72 Å². The van der Waals surface area contributed by atoms with Crippen LogP contribution >= 0.6 is 0 Å². The molecule has 3 rings (SSSR count). The van der Waals surface area contributed by atoms with Crippen molar-refractivity contribution in [1.82, 2.24) is 9.62 Å². The van der Waals surface area contributed by atoms with Crippen LogP contribution in [-0.4, -0.2) is 51.7 Å². The molecule has 2 aliphatic rings. The molecule has 6 nitrogen and oxygen atoms in total. The second-order valence-electron chi connectivity index (χ2n) is 5.82. The lowest BCUT2D eigenvalue weighted by Gasteiger charge is -2.33. The Labute approximate surface area is 134 Å². The predicted octanol–water partition coefficient (Wildman–Crippen LogP) is 0.839. The monoisotopic (exact) mass is 339 g/mol. The van der Waals surface area contributed by atoms with Gasteiger partial charge in [-0.15, -0.1) is 0 Å². The zero-order valence-corrected chi connectivity index (χ0v) is 13.4. The van der Waals surface area contributed by atoms with E-state index in [1.165, 1.54) is 12.8 Å². The molecule has 0 bridgehead atoms. The lowest BCUT2D eigenvalue weighted by Crippen LogP contribution is -2.48. The minimum Gasteiger partial charge on any atom is -0.374 e. The molecule has 1 aromatic carbocycles. The molecule has 2 fully saturated rings. The summed E-state index contributed by atoms with van der Waals surface area (Å²) in [5.74, 6) is -0.642. The standard InChI is InChI=1S/C15H18FN3O3S/c16-12-1-4-15(11(7-12)8-17)23(20,21)18-9-14-10-19(5-6-22-14)13-2-3-13/h1,4,7,13-14,18H,2-3,5-6,9-10H2. The van der Waals surface area contributed by atoms with Gasteiger partial charge in [0.2, 0.25) is 10.0 Å². The molecule has 1 N–H and O–H groups in total. The van der Waals surface area contributed by atoms with E-state index in [0.717, 1.165) is 24.7 Å². The highest BCUT2D eigenvalue weighted by Crippen LogP contribution is 2.28. The van der Waals surface area contributed by atoms with E-state index < -0.39 is 15.8 Å². The first-order valence-corrected chi connectivity index (χ1v) is 9.03. The number of ether oxygens (including phenoxy) is 1. The molecule has 0 spiro atoms. The van der Waals surface area contributed by atoms with Gasteiger partial charge in [0.1, 0.15) is 11.9 Å². The fourth-order valence-electron chi connectivity index (χ4n) is 2.74. The fourth-order valence-corrected chi connectivity index (χ4v) is 3.94. The number of rotatable bonds is 5. The fraction of sp³-hybridized carbons (Fsp3) is 0.533. The molecule has 1 heterocycles. The Bertz CT molecular complexity index is 728. The van der Waals surface area contributed by atoms with E-state index in [2.05, 4.69) is 9.62 Å². The van der Waals surface area contributed by atoms with Crippen LogP contribution in [0.2, 0.25) is 0 Å². The normalized spacial score (nSPS) is 22.7. The van der Waals surface area contributed by atoms with Gasteiger partial charge in [0.25, 0.3) is 0 Å². The number of benzene rings is 1. The summed E-state index contributed by atoms with van der Waals surface area (Å²) in [7, 11) is -3.88. The Hall–Kier alpha value is -1.53. The van der Waals surface area contributed by atoms with Gasteiger partial charge in [-0.2, -0.15) is 5.26 Å². The maximum atomic E-state index is 13.1. The number of nitrogens with one attached hydrogen (secondary N) is 1. The molecular weight excluding hydrogens is 321 g/mol. The van der Waals surface area contributed by atoms with Crippen molar-refractivity contribution in [2.24, 2.45) is 0 Å². The van der Waals surface area contributed by atoms with Gasteiger partial charge in [-0.1, -0.05) is 0 Å². The minimum atomic E-state index is -3.88. The largest absolute Gasteiger partial charge is 0.374 e. The first kappa shape index (κ1) is 16.3. The summed E-state index contributed by atoms with van der Waals surface area (Å²) >= 11 is 0. The summed E-state index contributed by atoms with van der Waals surface area (Å²) in [5.41, 5.74) is -0.207. The molecule has 1 unspecified atom stereocenters. The highest BCUT2D eigenvalue weighted by Gasteiger charge is 2.33. The van der Waals surface area contributed by atoms with Gasteiger partial charge in [0.15, 0.2) is 0 Å². The molecule has 8 heteroatoms. The van der Waals surface area contributed by atoms with E-state index in [-0.39, 0.29) is 23.1 Å². The summed E-state index contributed by atoms with van der Waals surface area (Å²) in [5, 5.41) is 8.99. The Morgan fingerprint density at radius 1 is 1.43 bits per heavy atom. The zero-order valence-electron chi connectivity index (χ0n) is 12.5. The van der Waals surface area contributed by atoms with E-state index in [9.17, 15) is 12.8 Å². The van der Waals surface area contributed by atoms with Crippen molar-refractivity contribution in [3.05, 3.63) is 29.6 Å². The first-order chi connectivity index (χ1) is 11.0. The number of hydrogen-bond acceptors (Lipinski definition) is 5. The van der Waals surface area contributed by atoms with Crippen LogP contribution in [0.3, 0.4) is 0 Å². The van der Waals surface area contributed by atoms with Gasteiger partial charge in [-0.25, -0.2) is 17.5 Å². The molecule has 1 aliphatic carbocycles. The van der Waals surface area contributed by atoms with Crippen LogP contribution in [0.15, 0.2) is 23.1 Å². The van der Waals surface area contributed by atoms with Gasteiger partial charge in [-0.3, -0.25) is 4.90 Å². The summed E-state index contributed by atoms with van der Waals surface area (Å²) in [6.45, 7) is 2.29. The predicted molar refractivity (Wildman–Crippen MR) is 80.6 cm³/mol. The molecule has 23 heavy (non-hydrogen) atoms. The van der Waals surface area contributed by atoms with E-state index in [0.29, 0.717) is 19.2 Å². The molecule has 0 amide bonds. The van der Waals surface area contributed by atoms with E-state index in [1.807, 2.05) is 0 Å². The van der Waals surface area contributed by atoms with E-state index in [1.54, 1.807) is 6.07 Å². The SMILES string of the molecule is N#Cc1cc(F)ccc1S(=O)(=O)NCC1CN(C2CC2)CCO1. The molecule has 124 valence electrons. The number of nitriles is 1. The highest BCUT2D eigenvalue weighted by atomic mass is 32.2. The maximum absolute atomic E-state index is 13.1. The molecule has 0 radical (unpaired) electrons. The van der Waals surface area contributed by atoms with Gasteiger partial charge in [0, 0.05) is 25.7 Å². The number of halogens is 1. The molecule has 1 saturated heterocycles. The molecule has 0 aromatic heterocycles. The van der Waals surface area contributed by atoms with Gasteiger partial charge in [-0.05, 0) is 31.0 Å². The van der Waals surface area contributed by atoms with Crippen molar-refractivity contribution < 1.29 is 17.5 Å². The van der Waals surface area contributed by atoms with Crippen molar-refractivity contribution in [2.45, 2.75) is 29.9 Å². The Balaban J connectivity index is 1.66. The lowest BCUT2D eigenvalue weighted by atomic mass is 10.2. The van der Waals surface area contributed by atoms with Crippen LogP contribution in [0.5, 0.6) is 0 Å². The smallest absolute Gasteiger partial charge is 0.241 e. The zero-order chi connectivity index (χ0) is 16.4. The number of hydrogen-bond donors (Lipinski definition) is 1. The van der Waals surface area contributed by atoms with Crippen molar-refractivity contribution in [1.29, 1.82) is 5.26 Å². The Morgan fingerprint density at radius 3 is 2.91 bits per heavy atom. The molecule has 1 saturated carbocycles. The Kier molecular flexibility index (Phi) is 4.64. The lowest BCUT2D eigenvalue weighted by molar-refractivity contribution is -0.0277. The molecular formula is C15H18FN3O3S. The summed E-state index contributed by atoms with van der Waals surface area (Å²) in [6.07, 6.45) is 2.17. The molecule has 1 aliphatic heterocycles. The van der Waals surface area contributed by atoms with Crippen LogP contribution in [0.25, 0.3) is 0 Å². The molecule has 1 aromatic rings. The second kappa shape index (κ2) is 6.53. The Morgan fingerprint density at radius 2 is 2.22 bits per heavy atom. The third-order valence-corrected chi connectivity index (χ3v) is 5.57. The minimum absolute atomic E-state index is 0.133. The van der Waals surface area contributed by atoms with Crippen molar-refractivity contribution >= 4 is 10.0 Å². The van der Waals surface area contributed by atoms with Crippen molar-refractivity contribution in [3.8, 4) is 6.07 Å². The maximum Gasteiger partial charge on any atom is 0.241 e. The number of morpholine rings is 1. The van der Waals surface area contributed by atoms with Gasteiger partial charge >= 0.3 is 0 Å². The average Bonchev–Trinajstić information content (AvgIpc) is 3.38. The van der Waals surface area contributed by atoms with Gasteiger partial charge < -0.3 is 4.74 Å². The summed E-state index contributed by atoms with van der Waals surface area (Å²) in [6, 6.07) is 5.38. The van der Waals surface area contributed by atoms with Crippen molar-refractivity contribution in [3.63, 3.8) is 0 Å². The summed E-state index contributed by atoms with van der Waals surface area (Å²) in [4.78, 5) is 2.11. The second-order valence-corrected chi connectivity index (χ2v) is 7.56. The third kappa shape index (κ3) is 3.87.